The van der Waals surface area contributed by atoms with Crippen LogP contribution in [0.1, 0.15) is 52.9 Å². The molecule has 0 bridgehead atoms. The van der Waals surface area contributed by atoms with Gasteiger partial charge in [-0.2, -0.15) is 0 Å². The standard InChI is InChI=1S/C14H21N3/c1-13(2,3)10-7-16-12(14(4,5)6)17-9-15-8-11(10)17/h7-9H,1-6H3. The van der Waals surface area contributed by atoms with Gasteiger partial charge in [0, 0.05) is 17.2 Å². The summed E-state index contributed by atoms with van der Waals surface area (Å²) in [6.45, 7) is 13.1. The van der Waals surface area contributed by atoms with Crippen molar-refractivity contribution < 1.29 is 0 Å². The normalized spacial score (nSPS) is 13.3. The quantitative estimate of drug-likeness (QED) is 0.696. The van der Waals surface area contributed by atoms with Crippen molar-refractivity contribution in [3.8, 4) is 0 Å². The highest BCUT2D eigenvalue weighted by Crippen LogP contribution is 2.29. The van der Waals surface area contributed by atoms with Crippen LogP contribution in [0.2, 0.25) is 0 Å². The zero-order chi connectivity index (χ0) is 12.8. The van der Waals surface area contributed by atoms with E-state index in [0.29, 0.717) is 0 Å². The smallest absolute Gasteiger partial charge is 0.119 e. The Morgan fingerprint density at radius 3 is 2.12 bits per heavy atom. The molecule has 0 spiro atoms. The van der Waals surface area contributed by atoms with Crippen molar-refractivity contribution >= 4 is 5.52 Å². The summed E-state index contributed by atoms with van der Waals surface area (Å²) >= 11 is 0. The summed E-state index contributed by atoms with van der Waals surface area (Å²) in [7, 11) is 0. The van der Waals surface area contributed by atoms with Crippen LogP contribution < -0.4 is 0 Å². The largest absolute Gasteiger partial charge is 0.286 e. The lowest BCUT2D eigenvalue weighted by Crippen LogP contribution is -2.21. The molecule has 0 unspecified atom stereocenters. The maximum absolute atomic E-state index is 4.64. The fourth-order valence-electron chi connectivity index (χ4n) is 2.05. The van der Waals surface area contributed by atoms with Gasteiger partial charge >= 0.3 is 0 Å². The minimum absolute atomic E-state index is 0.0232. The highest BCUT2D eigenvalue weighted by atomic mass is 15.1. The first kappa shape index (κ1) is 12.1. The van der Waals surface area contributed by atoms with Crippen molar-refractivity contribution in [1.29, 1.82) is 0 Å². The van der Waals surface area contributed by atoms with Crippen LogP contribution in [-0.2, 0) is 10.8 Å². The molecule has 2 rings (SSSR count). The van der Waals surface area contributed by atoms with Crippen molar-refractivity contribution in [2.24, 2.45) is 0 Å². The molecule has 0 atom stereocenters. The van der Waals surface area contributed by atoms with Gasteiger partial charge in [-0.25, -0.2) is 9.97 Å². The summed E-state index contributed by atoms with van der Waals surface area (Å²) in [5.74, 6) is 1.05. The van der Waals surface area contributed by atoms with Crippen LogP contribution >= 0.6 is 0 Å². The van der Waals surface area contributed by atoms with Crippen LogP contribution in [-0.4, -0.2) is 14.4 Å². The predicted molar refractivity (Wildman–Crippen MR) is 70.4 cm³/mol. The molecule has 2 aromatic heterocycles. The van der Waals surface area contributed by atoms with Crippen molar-refractivity contribution in [1.82, 2.24) is 14.4 Å². The molecule has 0 amide bonds. The molecule has 2 aromatic rings. The van der Waals surface area contributed by atoms with Gasteiger partial charge in [0.25, 0.3) is 0 Å². The lowest BCUT2D eigenvalue weighted by Gasteiger charge is -2.24. The molecule has 92 valence electrons. The van der Waals surface area contributed by atoms with Gasteiger partial charge in [0.05, 0.1) is 11.7 Å². The van der Waals surface area contributed by atoms with E-state index >= 15 is 0 Å². The average molecular weight is 231 g/mol. The number of hydrogen-bond donors (Lipinski definition) is 0. The number of fused-ring (bicyclic) bond motifs is 1. The second-order valence-electron chi connectivity index (χ2n) is 6.64. The molecule has 3 nitrogen and oxygen atoms in total. The van der Waals surface area contributed by atoms with Gasteiger partial charge < -0.3 is 0 Å². The Morgan fingerprint density at radius 2 is 1.59 bits per heavy atom. The molecule has 2 heterocycles. The Morgan fingerprint density at radius 1 is 0.941 bits per heavy atom. The Labute approximate surface area is 103 Å². The first-order valence-electron chi connectivity index (χ1n) is 6.03. The SMILES string of the molecule is CC(C)(C)c1cnc(C(C)(C)C)n2cncc12. The van der Waals surface area contributed by atoms with Crippen LogP contribution in [0.25, 0.3) is 5.52 Å². The van der Waals surface area contributed by atoms with E-state index in [4.69, 9.17) is 0 Å². The van der Waals surface area contributed by atoms with E-state index in [9.17, 15) is 0 Å². The summed E-state index contributed by atoms with van der Waals surface area (Å²) in [4.78, 5) is 8.91. The molecule has 0 aliphatic heterocycles. The molecular weight excluding hydrogens is 210 g/mol. The highest BCUT2D eigenvalue weighted by Gasteiger charge is 2.24. The minimum Gasteiger partial charge on any atom is -0.286 e. The Bertz CT molecular complexity index is 491. The van der Waals surface area contributed by atoms with Gasteiger partial charge in [-0.15, -0.1) is 0 Å². The van der Waals surface area contributed by atoms with E-state index in [1.807, 2.05) is 18.7 Å². The van der Waals surface area contributed by atoms with Crippen LogP contribution in [0.4, 0.5) is 0 Å². The van der Waals surface area contributed by atoms with Crippen molar-refractivity contribution in [3.05, 3.63) is 30.1 Å². The zero-order valence-electron chi connectivity index (χ0n) is 11.6. The van der Waals surface area contributed by atoms with E-state index in [2.05, 4.69) is 55.9 Å². The predicted octanol–water partition coefficient (Wildman–Crippen LogP) is 3.32. The maximum Gasteiger partial charge on any atom is 0.119 e. The molecule has 3 heteroatoms. The van der Waals surface area contributed by atoms with E-state index in [1.54, 1.807) is 0 Å². The molecule has 0 aliphatic carbocycles. The van der Waals surface area contributed by atoms with Crippen LogP contribution in [0.5, 0.6) is 0 Å². The third-order valence-corrected chi connectivity index (χ3v) is 2.94. The Balaban J connectivity index is 2.76. The second-order valence-corrected chi connectivity index (χ2v) is 6.64. The molecule has 0 aliphatic rings. The Kier molecular flexibility index (Phi) is 2.53. The number of imidazole rings is 1. The molecule has 17 heavy (non-hydrogen) atoms. The number of rotatable bonds is 0. The van der Waals surface area contributed by atoms with Crippen molar-refractivity contribution in [3.63, 3.8) is 0 Å². The van der Waals surface area contributed by atoms with Crippen LogP contribution in [0.3, 0.4) is 0 Å². The third-order valence-electron chi connectivity index (χ3n) is 2.94. The fourth-order valence-corrected chi connectivity index (χ4v) is 2.05. The van der Waals surface area contributed by atoms with Crippen molar-refractivity contribution in [2.45, 2.75) is 52.4 Å². The first-order valence-corrected chi connectivity index (χ1v) is 6.03. The van der Waals surface area contributed by atoms with Crippen molar-refractivity contribution in [2.75, 3.05) is 0 Å². The molecule has 0 saturated heterocycles. The summed E-state index contributed by atoms with van der Waals surface area (Å²) < 4.78 is 2.11. The maximum atomic E-state index is 4.64. The van der Waals surface area contributed by atoms with E-state index < -0.39 is 0 Å². The van der Waals surface area contributed by atoms with Gasteiger partial charge in [-0.05, 0) is 5.41 Å². The molecule has 0 saturated carbocycles. The lowest BCUT2D eigenvalue weighted by molar-refractivity contribution is 0.527. The molecule has 0 N–H and O–H groups in total. The first-order chi connectivity index (χ1) is 7.71. The molecular formula is C14H21N3. The lowest BCUT2D eigenvalue weighted by atomic mass is 9.87. The van der Waals surface area contributed by atoms with Crippen LogP contribution in [0.15, 0.2) is 18.7 Å². The number of nitrogens with zero attached hydrogens (tertiary/aromatic N) is 3. The number of aromatic nitrogens is 3. The monoisotopic (exact) mass is 231 g/mol. The van der Waals surface area contributed by atoms with Gasteiger partial charge in [-0.3, -0.25) is 4.40 Å². The summed E-state index contributed by atoms with van der Waals surface area (Å²) in [6, 6.07) is 0. The van der Waals surface area contributed by atoms with Gasteiger partial charge in [-0.1, -0.05) is 41.5 Å². The third kappa shape index (κ3) is 2.06. The molecule has 0 radical (unpaired) electrons. The summed E-state index contributed by atoms with van der Waals surface area (Å²) in [6.07, 6.45) is 5.78. The Hall–Kier alpha value is -1.38. The second kappa shape index (κ2) is 3.56. The zero-order valence-corrected chi connectivity index (χ0v) is 11.6. The van der Waals surface area contributed by atoms with Gasteiger partial charge in [0.1, 0.15) is 12.2 Å². The summed E-state index contributed by atoms with van der Waals surface area (Å²) in [5.41, 5.74) is 2.51. The topological polar surface area (TPSA) is 30.2 Å². The van der Waals surface area contributed by atoms with Crippen LogP contribution in [0, 0.1) is 0 Å². The van der Waals surface area contributed by atoms with Gasteiger partial charge in [0.15, 0.2) is 0 Å². The van der Waals surface area contributed by atoms with E-state index in [0.717, 1.165) is 11.3 Å². The van der Waals surface area contributed by atoms with Gasteiger partial charge in [0.2, 0.25) is 0 Å². The van der Waals surface area contributed by atoms with E-state index in [1.165, 1.54) is 5.56 Å². The number of hydrogen-bond acceptors (Lipinski definition) is 2. The fraction of sp³-hybridized carbons (Fsp3) is 0.571. The molecule has 0 aromatic carbocycles. The summed E-state index contributed by atoms with van der Waals surface area (Å²) in [5, 5.41) is 0. The van der Waals surface area contributed by atoms with E-state index in [-0.39, 0.29) is 10.8 Å². The molecule has 0 fully saturated rings. The average Bonchev–Trinajstić information content (AvgIpc) is 2.60. The minimum atomic E-state index is 0.0232. The highest BCUT2D eigenvalue weighted by molar-refractivity contribution is 5.56.